The van der Waals surface area contributed by atoms with Crippen LogP contribution in [-0.4, -0.2) is 72.8 Å². The number of amides is 2. The lowest BCUT2D eigenvalue weighted by atomic mass is 10.2. The maximum absolute atomic E-state index is 12.8. The monoisotopic (exact) mass is 445 g/mol. The zero-order valence-corrected chi connectivity index (χ0v) is 21.4. The van der Waals surface area contributed by atoms with E-state index in [-0.39, 0.29) is 23.7 Å². The topological polar surface area (TPSA) is 82.9 Å². The van der Waals surface area contributed by atoms with Gasteiger partial charge in [-0.05, 0) is 39.2 Å². The number of hydrogen-bond acceptors (Lipinski definition) is 6. The van der Waals surface area contributed by atoms with Crippen LogP contribution >= 0.6 is 11.8 Å². The number of amidine groups is 1. The Morgan fingerprint density at radius 2 is 1.83 bits per heavy atom. The van der Waals surface area contributed by atoms with Gasteiger partial charge in [0, 0.05) is 28.8 Å². The fourth-order valence-electron chi connectivity index (χ4n) is 2.86. The molecule has 1 fully saturated rings. The second-order valence-corrected chi connectivity index (χ2v) is 17.0. The molecule has 9 heteroatoms. The quantitative estimate of drug-likeness (QED) is 0.196. The van der Waals surface area contributed by atoms with Crippen LogP contribution in [0, 0.1) is 11.3 Å². The van der Waals surface area contributed by atoms with E-state index in [1.54, 1.807) is 39.8 Å². The molecular weight excluding hydrogens is 406 g/mol. The normalized spacial score (nSPS) is 21.5. The molecule has 1 saturated carbocycles. The highest BCUT2D eigenvalue weighted by Crippen LogP contribution is 2.57. The lowest BCUT2D eigenvalue weighted by Crippen LogP contribution is -2.43. The predicted molar refractivity (Wildman–Crippen MR) is 122 cm³/mol. The highest BCUT2D eigenvalue weighted by Gasteiger charge is 2.61. The minimum atomic E-state index is -1.26. The van der Waals surface area contributed by atoms with Gasteiger partial charge < -0.3 is 14.4 Å². The molecule has 0 aromatic rings. The molecule has 0 aromatic carbocycles. The Bertz CT molecular complexity index is 616. The van der Waals surface area contributed by atoms with E-state index in [1.165, 1.54) is 4.90 Å². The first-order chi connectivity index (χ1) is 13.1. The summed E-state index contributed by atoms with van der Waals surface area (Å²) in [6.45, 7) is 14.7. The second-order valence-electron chi connectivity index (χ2n) is 10.1. The van der Waals surface area contributed by atoms with Gasteiger partial charge in [0.05, 0.1) is 0 Å². The standard InChI is InChI=1S/C20H39N3O4SSi/c1-10-15-13-20(15,16(24)22(5)6)28-17(21)23(18(25)27-19(2,3)4)14-26-11-12-29(7,8)9/h15,21H,10-14H2,1-9H3/t15-,20?/m1/s1. The molecule has 1 N–H and O–H groups in total. The number of hydrogen-bond donors (Lipinski definition) is 1. The van der Waals surface area contributed by atoms with Gasteiger partial charge in [-0.3, -0.25) is 10.2 Å². The van der Waals surface area contributed by atoms with Crippen molar-refractivity contribution < 1.29 is 19.1 Å². The van der Waals surface area contributed by atoms with Crippen LogP contribution in [0.1, 0.15) is 40.5 Å². The van der Waals surface area contributed by atoms with Crippen LogP contribution in [-0.2, 0) is 14.3 Å². The van der Waals surface area contributed by atoms with E-state index < -0.39 is 24.5 Å². The van der Waals surface area contributed by atoms with Crippen molar-refractivity contribution in [3.8, 4) is 0 Å². The van der Waals surface area contributed by atoms with Crippen LogP contribution < -0.4 is 0 Å². The van der Waals surface area contributed by atoms with Crippen molar-refractivity contribution in [1.29, 1.82) is 5.41 Å². The van der Waals surface area contributed by atoms with Crippen LogP contribution in [0.5, 0.6) is 0 Å². The lowest BCUT2D eigenvalue weighted by molar-refractivity contribution is -0.129. The first-order valence-corrected chi connectivity index (χ1v) is 14.7. The largest absolute Gasteiger partial charge is 0.443 e. The number of carbonyl (C=O) groups excluding carboxylic acids is 2. The molecule has 1 aliphatic rings. The molecule has 29 heavy (non-hydrogen) atoms. The molecule has 1 rings (SSSR count). The van der Waals surface area contributed by atoms with E-state index in [1.807, 2.05) is 6.92 Å². The van der Waals surface area contributed by atoms with Crippen LogP contribution in [0.3, 0.4) is 0 Å². The predicted octanol–water partition coefficient (Wildman–Crippen LogP) is 4.46. The van der Waals surface area contributed by atoms with Crippen LogP contribution in [0.15, 0.2) is 0 Å². The Kier molecular flexibility index (Phi) is 8.80. The Hall–Kier alpha value is -1.06. The van der Waals surface area contributed by atoms with Gasteiger partial charge in [0.1, 0.15) is 17.1 Å². The summed E-state index contributed by atoms with van der Waals surface area (Å²) in [7, 11) is 2.19. The number of nitrogens with one attached hydrogen (secondary N) is 1. The van der Waals surface area contributed by atoms with Gasteiger partial charge in [-0.1, -0.05) is 44.7 Å². The third-order valence-electron chi connectivity index (χ3n) is 4.66. The average molecular weight is 446 g/mol. The van der Waals surface area contributed by atoms with Gasteiger partial charge >= 0.3 is 6.09 Å². The number of thioether (sulfide) groups is 1. The Morgan fingerprint density at radius 3 is 2.24 bits per heavy atom. The molecule has 0 aromatic heterocycles. The first-order valence-electron chi connectivity index (χ1n) is 10.2. The third-order valence-corrected chi connectivity index (χ3v) is 7.82. The number of rotatable bonds is 8. The smallest absolute Gasteiger partial charge is 0.418 e. The van der Waals surface area contributed by atoms with Crippen molar-refractivity contribution >= 4 is 37.0 Å². The molecule has 0 heterocycles. The summed E-state index contributed by atoms with van der Waals surface area (Å²) in [5.74, 6) is 0.193. The highest BCUT2D eigenvalue weighted by atomic mass is 32.2. The van der Waals surface area contributed by atoms with Gasteiger partial charge in [-0.2, -0.15) is 0 Å². The molecule has 0 spiro atoms. The number of nitrogens with zero attached hydrogens (tertiary/aromatic N) is 2. The summed E-state index contributed by atoms with van der Waals surface area (Å²) < 4.78 is 10.5. The SMILES string of the molecule is CC[C@@H]1CC1(SC(=N)N(COCC[Si](C)(C)C)C(=O)OC(C)(C)C)C(=O)N(C)C. The van der Waals surface area contributed by atoms with Crippen LogP contribution in [0.2, 0.25) is 25.7 Å². The van der Waals surface area contributed by atoms with Crippen molar-refractivity contribution in [3.63, 3.8) is 0 Å². The summed E-state index contributed by atoms with van der Waals surface area (Å²) in [6.07, 6.45) is 0.953. The van der Waals surface area contributed by atoms with E-state index in [9.17, 15) is 9.59 Å². The van der Waals surface area contributed by atoms with E-state index in [0.29, 0.717) is 13.0 Å². The molecule has 1 aliphatic carbocycles. The van der Waals surface area contributed by atoms with Gasteiger partial charge in [0.25, 0.3) is 0 Å². The fourth-order valence-corrected chi connectivity index (χ4v) is 5.09. The molecule has 1 unspecified atom stereocenters. The second kappa shape index (κ2) is 9.83. The van der Waals surface area contributed by atoms with Crippen molar-refractivity contribution in [2.24, 2.45) is 5.92 Å². The average Bonchev–Trinajstić information content (AvgIpc) is 3.25. The molecular formula is C20H39N3O4SSi. The fraction of sp³-hybridized carbons (Fsp3) is 0.850. The van der Waals surface area contributed by atoms with Crippen molar-refractivity contribution in [2.75, 3.05) is 27.4 Å². The lowest BCUT2D eigenvalue weighted by Gasteiger charge is -2.29. The molecule has 2 atom stereocenters. The molecule has 168 valence electrons. The Morgan fingerprint density at radius 1 is 1.24 bits per heavy atom. The zero-order chi connectivity index (χ0) is 22.6. The van der Waals surface area contributed by atoms with E-state index in [4.69, 9.17) is 14.9 Å². The van der Waals surface area contributed by atoms with Crippen molar-refractivity contribution in [2.45, 2.75) is 76.6 Å². The maximum Gasteiger partial charge on any atom is 0.418 e. The van der Waals surface area contributed by atoms with Gasteiger partial charge in [-0.25, -0.2) is 9.69 Å². The maximum atomic E-state index is 12.8. The summed E-state index contributed by atoms with van der Waals surface area (Å²) in [5, 5.41) is 8.58. The van der Waals surface area contributed by atoms with Crippen LogP contribution in [0.4, 0.5) is 4.79 Å². The number of ether oxygens (including phenoxy) is 2. The molecule has 7 nitrogen and oxygen atoms in total. The minimum Gasteiger partial charge on any atom is -0.443 e. The first kappa shape index (κ1) is 26.0. The van der Waals surface area contributed by atoms with E-state index in [0.717, 1.165) is 24.2 Å². The summed E-state index contributed by atoms with van der Waals surface area (Å²) in [6, 6.07) is 0.969. The molecule has 0 bridgehead atoms. The molecule has 0 radical (unpaired) electrons. The van der Waals surface area contributed by atoms with Crippen LogP contribution in [0.25, 0.3) is 0 Å². The van der Waals surface area contributed by atoms with Gasteiger partial charge in [0.2, 0.25) is 5.91 Å². The Balaban J connectivity index is 2.91. The molecule has 2 amide bonds. The van der Waals surface area contributed by atoms with Gasteiger partial charge in [-0.15, -0.1) is 0 Å². The van der Waals surface area contributed by atoms with Crippen molar-refractivity contribution in [3.05, 3.63) is 0 Å². The summed E-state index contributed by atoms with van der Waals surface area (Å²) in [5.41, 5.74) is -0.679. The summed E-state index contributed by atoms with van der Waals surface area (Å²) in [4.78, 5) is 28.3. The van der Waals surface area contributed by atoms with E-state index >= 15 is 0 Å². The highest BCUT2D eigenvalue weighted by molar-refractivity contribution is 8.15. The van der Waals surface area contributed by atoms with Gasteiger partial charge in [0.15, 0.2) is 5.17 Å². The third kappa shape index (κ3) is 7.94. The zero-order valence-electron chi connectivity index (χ0n) is 19.5. The molecule has 0 saturated heterocycles. The number of carbonyl (C=O) groups is 2. The molecule has 0 aliphatic heterocycles. The Labute approximate surface area is 181 Å². The van der Waals surface area contributed by atoms with Crippen molar-refractivity contribution in [1.82, 2.24) is 9.80 Å². The summed E-state index contributed by atoms with van der Waals surface area (Å²) >= 11 is 1.15. The van der Waals surface area contributed by atoms with E-state index in [2.05, 4.69) is 19.6 Å². The minimum absolute atomic E-state index is 0.00148.